The van der Waals surface area contributed by atoms with Crippen LogP contribution in [0.1, 0.15) is 11.1 Å². The van der Waals surface area contributed by atoms with Gasteiger partial charge < -0.3 is 4.98 Å². The normalized spacial score (nSPS) is 11.4. The molecule has 5 heteroatoms. The van der Waals surface area contributed by atoms with Crippen LogP contribution in [0.3, 0.4) is 0 Å². The Hall–Kier alpha value is -1.81. The molecule has 0 fully saturated rings. The van der Waals surface area contributed by atoms with Gasteiger partial charge in [0.15, 0.2) is 0 Å². The number of aromatic amines is 1. The van der Waals surface area contributed by atoms with Gasteiger partial charge in [-0.1, -0.05) is 6.07 Å². The highest BCUT2D eigenvalue weighted by Crippen LogP contribution is 2.20. The van der Waals surface area contributed by atoms with E-state index in [2.05, 4.69) is 10.1 Å². The Morgan fingerprint density at radius 1 is 1.35 bits per heavy atom. The van der Waals surface area contributed by atoms with Crippen molar-refractivity contribution in [2.24, 2.45) is 0 Å². The number of H-pyrrole nitrogens is 1. The van der Waals surface area contributed by atoms with Crippen LogP contribution in [0.5, 0.6) is 0 Å². The number of hydrogen-bond acceptors (Lipinski definition) is 2. The highest BCUT2D eigenvalue weighted by Gasteiger charge is 2.09. The van der Waals surface area contributed by atoms with Gasteiger partial charge in [0.1, 0.15) is 5.52 Å². The zero-order valence-corrected chi connectivity index (χ0v) is 9.95. The van der Waals surface area contributed by atoms with Gasteiger partial charge in [-0.2, -0.15) is 5.10 Å². The molecule has 0 saturated carbocycles. The molecule has 0 unspecified atom stereocenters. The average Bonchev–Trinajstić information content (AvgIpc) is 2.81. The van der Waals surface area contributed by atoms with E-state index >= 15 is 0 Å². The van der Waals surface area contributed by atoms with E-state index in [1.165, 1.54) is 0 Å². The average molecular weight is 248 g/mol. The summed E-state index contributed by atoms with van der Waals surface area (Å²) in [6.07, 6.45) is 1.62. The number of alkyl halides is 1. The Balaban J connectivity index is 2.58. The molecule has 0 amide bonds. The van der Waals surface area contributed by atoms with Gasteiger partial charge in [-0.05, 0) is 30.2 Å². The monoisotopic (exact) mass is 247 g/mol. The van der Waals surface area contributed by atoms with Crippen LogP contribution >= 0.6 is 11.6 Å². The van der Waals surface area contributed by atoms with Crippen molar-refractivity contribution in [3.8, 4) is 0 Å². The Labute approximate surface area is 102 Å². The molecule has 3 aromatic rings. The van der Waals surface area contributed by atoms with E-state index < -0.39 is 0 Å². The molecule has 1 N–H and O–H groups in total. The van der Waals surface area contributed by atoms with Crippen LogP contribution in [0.2, 0.25) is 0 Å². The molecule has 4 nitrogen and oxygen atoms in total. The Morgan fingerprint density at radius 3 is 2.94 bits per heavy atom. The molecule has 0 saturated heterocycles. The van der Waals surface area contributed by atoms with Gasteiger partial charge in [-0.15, -0.1) is 11.6 Å². The second-order valence-electron chi connectivity index (χ2n) is 3.96. The lowest BCUT2D eigenvalue weighted by Gasteiger charge is -2.07. The van der Waals surface area contributed by atoms with Crippen molar-refractivity contribution in [2.75, 3.05) is 0 Å². The largest absolute Gasteiger partial charge is 0.318 e. The molecule has 0 aliphatic heterocycles. The van der Waals surface area contributed by atoms with Gasteiger partial charge in [0.25, 0.3) is 5.56 Å². The lowest BCUT2D eigenvalue weighted by molar-refractivity contribution is 0.984. The lowest BCUT2D eigenvalue weighted by atomic mass is 10.1. The third-order valence-corrected chi connectivity index (χ3v) is 3.33. The molecule has 0 atom stereocenters. The fourth-order valence-electron chi connectivity index (χ4n) is 2.06. The Bertz CT molecular complexity index is 772. The van der Waals surface area contributed by atoms with Gasteiger partial charge in [0.05, 0.1) is 17.2 Å². The fourth-order valence-corrected chi connectivity index (χ4v) is 2.35. The van der Waals surface area contributed by atoms with Crippen molar-refractivity contribution in [1.82, 2.24) is 14.6 Å². The first kappa shape index (κ1) is 10.4. The molecule has 2 aromatic heterocycles. The number of halogens is 1. The van der Waals surface area contributed by atoms with Crippen LogP contribution in [0.15, 0.2) is 29.2 Å². The summed E-state index contributed by atoms with van der Waals surface area (Å²) in [5, 5.41) is 4.17. The van der Waals surface area contributed by atoms with E-state index in [-0.39, 0.29) is 5.56 Å². The maximum Gasteiger partial charge on any atom is 0.274 e. The number of hydrogen-bond donors (Lipinski definition) is 1. The number of benzene rings is 1. The Morgan fingerprint density at radius 2 is 2.18 bits per heavy atom. The van der Waals surface area contributed by atoms with E-state index in [1.54, 1.807) is 16.8 Å². The van der Waals surface area contributed by atoms with E-state index in [0.717, 1.165) is 22.2 Å². The number of nitrogens with zero attached hydrogens (tertiary/aromatic N) is 2. The number of fused-ring (bicyclic) bond motifs is 3. The fraction of sp³-hybridized carbons (Fsp3) is 0.167. The molecule has 2 heterocycles. The van der Waals surface area contributed by atoms with E-state index in [4.69, 9.17) is 11.6 Å². The molecule has 3 rings (SSSR count). The molecule has 86 valence electrons. The van der Waals surface area contributed by atoms with Gasteiger partial charge >= 0.3 is 0 Å². The van der Waals surface area contributed by atoms with Crippen molar-refractivity contribution in [3.05, 3.63) is 45.9 Å². The summed E-state index contributed by atoms with van der Waals surface area (Å²) in [6, 6.07) is 5.59. The predicted molar refractivity (Wildman–Crippen MR) is 67.6 cm³/mol. The minimum Gasteiger partial charge on any atom is -0.318 e. The first-order valence-corrected chi connectivity index (χ1v) is 5.80. The molecule has 0 spiro atoms. The van der Waals surface area contributed by atoms with Gasteiger partial charge in [0, 0.05) is 5.88 Å². The summed E-state index contributed by atoms with van der Waals surface area (Å²) in [7, 11) is 0. The summed E-state index contributed by atoms with van der Waals surface area (Å²) in [5.41, 5.74) is 4.11. The number of aromatic nitrogens is 3. The first-order chi connectivity index (χ1) is 8.22. The predicted octanol–water partition coefficient (Wildman–Crippen LogP) is 2.22. The zero-order valence-electron chi connectivity index (χ0n) is 9.20. The summed E-state index contributed by atoms with van der Waals surface area (Å²) >= 11 is 5.86. The third kappa shape index (κ3) is 1.37. The van der Waals surface area contributed by atoms with Crippen LogP contribution in [0, 0.1) is 6.92 Å². The van der Waals surface area contributed by atoms with Crippen LogP contribution in [-0.2, 0) is 5.88 Å². The quantitative estimate of drug-likeness (QED) is 0.671. The number of aryl methyl sites for hydroxylation is 1. The van der Waals surface area contributed by atoms with E-state index in [0.29, 0.717) is 11.4 Å². The Kier molecular flexibility index (Phi) is 2.19. The van der Waals surface area contributed by atoms with Gasteiger partial charge in [0.2, 0.25) is 0 Å². The highest BCUT2D eigenvalue weighted by atomic mass is 35.5. The molecule has 0 radical (unpaired) electrons. The van der Waals surface area contributed by atoms with Crippen LogP contribution in [0.4, 0.5) is 0 Å². The minimum absolute atomic E-state index is 0.134. The van der Waals surface area contributed by atoms with Gasteiger partial charge in [-0.3, -0.25) is 4.79 Å². The van der Waals surface area contributed by atoms with Crippen molar-refractivity contribution < 1.29 is 0 Å². The number of rotatable bonds is 1. The van der Waals surface area contributed by atoms with Crippen LogP contribution in [-0.4, -0.2) is 14.6 Å². The van der Waals surface area contributed by atoms with Crippen molar-refractivity contribution >= 4 is 28.2 Å². The SMILES string of the molecule is Cc1c(CCl)ccc2c1[nH]c(=O)c1ccnn12. The maximum absolute atomic E-state index is 11.9. The second kappa shape index (κ2) is 3.60. The molecular formula is C12H10ClN3O. The van der Waals surface area contributed by atoms with Crippen molar-refractivity contribution in [1.29, 1.82) is 0 Å². The van der Waals surface area contributed by atoms with Crippen molar-refractivity contribution in [3.63, 3.8) is 0 Å². The van der Waals surface area contributed by atoms with Crippen molar-refractivity contribution in [2.45, 2.75) is 12.8 Å². The molecule has 0 bridgehead atoms. The molecule has 0 aliphatic carbocycles. The standard InChI is InChI=1S/C12H10ClN3O/c1-7-8(6-13)2-3-9-11(7)15-12(17)10-4-5-14-16(9)10/h2-5H,6H2,1H3,(H,15,17). The second-order valence-corrected chi connectivity index (χ2v) is 4.23. The lowest BCUT2D eigenvalue weighted by Crippen LogP contribution is -2.11. The van der Waals surface area contributed by atoms with E-state index in [1.807, 2.05) is 19.1 Å². The topological polar surface area (TPSA) is 50.2 Å². The minimum atomic E-state index is -0.134. The summed E-state index contributed by atoms with van der Waals surface area (Å²) in [6.45, 7) is 1.95. The maximum atomic E-state index is 11.9. The zero-order chi connectivity index (χ0) is 12.0. The summed E-state index contributed by atoms with van der Waals surface area (Å²) < 4.78 is 1.65. The molecule has 17 heavy (non-hydrogen) atoms. The third-order valence-electron chi connectivity index (χ3n) is 3.04. The van der Waals surface area contributed by atoms with Crippen LogP contribution in [0.25, 0.3) is 16.6 Å². The highest BCUT2D eigenvalue weighted by molar-refractivity contribution is 6.17. The summed E-state index contributed by atoms with van der Waals surface area (Å²) in [5.74, 6) is 0.431. The first-order valence-electron chi connectivity index (χ1n) is 5.26. The smallest absolute Gasteiger partial charge is 0.274 e. The van der Waals surface area contributed by atoms with E-state index in [9.17, 15) is 4.79 Å². The summed E-state index contributed by atoms with van der Waals surface area (Å²) in [4.78, 5) is 14.7. The number of nitrogens with one attached hydrogen (secondary N) is 1. The molecular weight excluding hydrogens is 238 g/mol. The molecule has 1 aromatic carbocycles. The van der Waals surface area contributed by atoms with Crippen LogP contribution < -0.4 is 5.56 Å². The molecule has 0 aliphatic rings. The van der Waals surface area contributed by atoms with Gasteiger partial charge in [-0.25, -0.2) is 4.52 Å².